The Kier molecular flexibility index (Phi) is 5.51. The molecule has 0 bridgehead atoms. The molecule has 0 heterocycles. The first kappa shape index (κ1) is 15.2. The van der Waals surface area contributed by atoms with Gasteiger partial charge in [0.15, 0.2) is 0 Å². The van der Waals surface area contributed by atoms with Crippen molar-refractivity contribution in [3.05, 3.63) is 35.9 Å². The van der Waals surface area contributed by atoms with Gasteiger partial charge in [0.1, 0.15) is 12.1 Å². The molecule has 0 aliphatic heterocycles. The number of aliphatic carboxylic acids is 1. The molecule has 19 heavy (non-hydrogen) atoms. The molecule has 0 saturated heterocycles. The van der Waals surface area contributed by atoms with Crippen molar-refractivity contribution in [2.45, 2.75) is 32.4 Å². The van der Waals surface area contributed by atoms with E-state index in [1.165, 1.54) is 0 Å². The van der Waals surface area contributed by atoms with E-state index in [4.69, 9.17) is 10.8 Å². The van der Waals surface area contributed by atoms with Crippen LogP contribution in [0.2, 0.25) is 0 Å². The molecule has 0 spiro atoms. The van der Waals surface area contributed by atoms with Crippen LogP contribution in [0.3, 0.4) is 0 Å². The zero-order valence-electron chi connectivity index (χ0n) is 11.2. The molecular formula is C14H20N2O3. The Balaban J connectivity index is 2.69. The lowest BCUT2D eigenvalue weighted by Gasteiger charge is -2.19. The van der Waals surface area contributed by atoms with Gasteiger partial charge in [0, 0.05) is 0 Å². The zero-order valence-corrected chi connectivity index (χ0v) is 11.2. The van der Waals surface area contributed by atoms with Crippen LogP contribution in [0.15, 0.2) is 30.3 Å². The molecule has 1 unspecified atom stereocenters. The number of carbonyl (C=O) groups excluding carboxylic acids is 1. The van der Waals surface area contributed by atoms with Gasteiger partial charge in [0.05, 0.1) is 0 Å². The molecule has 104 valence electrons. The Morgan fingerprint density at radius 2 is 1.84 bits per heavy atom. The number of rotatable bonds is 6. The third-order valence-electron chi connectivity index (χ3n) is 2.76. The molecule has 4 N–H and O–H groups in total. The maximum atomic E-state index is 11.9. The second-order valence-electron chi connectivity index (χ2n) is 4.92. The standard InChI is InChI=1S/C14H20N2O3/c1-9(2)8-11(14(18)19)16-13(17)12(15)10-6-4-3-5-7-10/h3-7,9,11-12H,8,15H2,1-2H3,(H,16,17)(H,18,19)/t11?,12-/m1/s1. The molecule has 1 aromatic rings. The molecule has 5 nitrogen and oxygen atoms in total. The number of nitrogens with two attached hydrogens (primary N) is 1. The Hall–Kier alpha value is -1.88. The molecule has 0 aliphatic rings. The summed E-state index contributed by atoms with van der Waals surface area (Å²) in [5, 5.41) is 11.6. The smallest absolute Gasteiger partial charge is 0.326 e. The lowest BCUT2D eigenvalue weighted by atomic mass is 10.0. The van der Waals surface area contributed by atoms with Crippen molar-refractivity contribution >= 4 is 11.9 Å². The molecule has 1 rings (SSSR count). The van der Waals surface area contributed by atoms with Crippen LogP contribution in [0.1, 0.15) is 31.9 Å². The molecule has 2 atom stereocenters. The minimum atomic E-state index is -1.04. The van der Waals surface area contributed by atoms with Crippen LogP contribution >= 0.6 is 0 Å². The summed E-state index contributed by atoms with van der Waals surface area (Å²) in [7, 11) is 0. The fraction of sp³-hybridized carbons (Fsp3) is 0.429. The summed E-state index contributed by atoms with van der Waals surface area (Å²) in [6.45, 7) is 3.80. The van der Waals surface area contributed by atoms with E-state index in [1.54, 1.807) is 24.3 Å². The van der Waals surface area contributed by atoms with Crippen molar-refractivity contribution in [2.24, 2.45) is 11.7 Å². The largest absolute Gasteiger partial charge is 0.480 e. The summed E-state index contributed by atoms with van der Waals surface area (Å²) in [5.74, 6) is -1.34. The molecule has 0 aromatic heterocycles. The monoisotopic (exact) mass is 264 g/mol. The fourth-order valence-corrected chi connectivity index (χ4v) is 1.77. The van der Waals surface area contributed by atoms with Gasteiger partial charge in [-0.15, -0.1) is 0 Å². The topological polar surface area (TPSA) is 92.4 Å². The maximum absolute atomic E-state index is 11.9. The van der Waals surface area contributed by atoms with Gasteiger partial charge in [0.25, 0.3) is 0 Å². The molecular weight excluding hydrogens is 244 g/mol. The lowest BCUT2D eigenvalue weighted by Crippen LogP contribution is -2.45. The van der Waals surface area contributed by atoms with Crippen LogP contribution in [0.4, 0.5) is 0 Å². The van der Waals surface area contributed by atoms with E-state index in [0.717, 1.165) is 0 Å². The highest BCUT2D eigenvalue weighted by Gasteiger charge is 2.24. The predicted octanol–water partition coefficient (Wildman–Crippen LogP) is 1.30. The fourth-order valence-electron chi connectivity index (χ4n) is 1.77. The number of benzene rings is 1. The second-order valence-corrected chi connectivity index (χ2v) is 4.92. The first-order chi connectivity index (χ1) is 8.91. The first-order valence-corrected chi connectivity index (χ1v) is 6.25. The molecule has 0 aliphatic carbocycles. The number of amides is 1. The second kappa shape index (κ2) is 6.89. The maximum Gasteiger partial charge on any atom is 0.326 e. The first-order valence-electron chi connectivity index (χ1n) is 6.25. The summed E-state index contributed by atoms with van der Waals surface area (Å²) in [6, 6.07) is 7.12. The molecule has 0 radical (unpaired) electrons. The van der Waals surface area contributed by atoms with E-state index in [0.29, 0.717) is 12.0 Å². The van der Waals surface area contributed by atoms with Gasteiger partial charge in [-0.1, -0.05) is 44.2 Å². The van der Waals surface area contributed by atoms with Gasteiger partial charge in [0.2, 0.25) is 5.91 Å². The van der Waals surface area contributed by atoms with E-state index < -0.39 is 24.0 Å². The average molecular weight is 264 g/mol. The van der Waals surface area contributed by atoms with Crippen molar-refractivity contribution in [3.8, 4) is 0 Å². The Labute approximate surface area is 112 Å². The van der Waals surface area contributed by atoms with Crippen molar-refractivity contribution in [1.82, 2.24) is 5.32 Å². The summed E-state index contributed by atoms with van der Waals surface area (Å²) >= 11 is 0. The van der Waals surface area contributed by atoms with Crippen LogP contribution in [0, 0.1) is 5.92 Å². The summed E-state index contributed by atoms with van der Waals surface area (Å²) in [4.78, 5) is 23.0. The SMILES string of the molecule is CC(C)CC(NC(=O)[C@H](N)c1ccccc1)C(=O)O. The highest BCUT2D eigenvalue weighted by molar-refractivity contribution is 5.87. The number of nitrogens with one attached hydrogen (secondary N) is 1. The lowest BCUT2D eigenvalue weighted by molar-refractivity contribution is -0.142. The van der Waals surface area contributed by atoms with Crippen LogP contribution in [0.25, 0.3) is 0 Å². The normalized spacial score (nSPS) is 13.9. The molecule has 1 amide bonds. The van der Waals surface area contributed by atoms with Gasteiger partial charge in [-0.05, 0) is 17.9 Å². The average Bonchev–Trinajstić information content (AvgIpc) is 2.37. The van der Waals surface area contributed by atoms with Crippen LogP contribution < -0.4 is 11.1 Å². The summed E-state index contributed by atoms with van der Waals surface area (Å²) in [6.07, 6.45) is 0.378. The molecule has 1 aromatic carbocycles. The minimum absolute atomic E-state index is 0.175. The summed E-state index contributed by atoms with van der Waals surface area (Å²) < 4.78 is 0. The highest BCUT2D eigenvalue weighted by atomic mass is 16.4. The van der Waals surface area contributed by atoms with Gasteiger partial charge < -0.3 is 16.2 Å². The Bertz CT molecular complexity index is 432. The van der Waals surface area contributed by atoms with Gasteiger partial charge in [-0.3, -0.25) is 4.79 Å². The van der Waals surface area contributed by atoms with E-state index in [9.17, 15) is 9.59 Å². The van der Waals surface area contributed by atoms with Crippen LogP contribution in [-0.4, -0.2) is 23.0 Å². The summed E-state index contributed by atoms with van der Waals surface area (Å²) in [5.41, 5.74) is 6.47. The van der Waals surface area contributed by atoms with Crippen molar-refractivity contribution in [3.63, 3.8) is 0 Å². The van der Waals surface area contributed by atoms with E-state index in [-0.39, 0.29) is 5.92 Å². The van der Waals surface area contributed by atoms with Crippen LogP contribution in [0.5, 0.6) is 0 Å². The van der Waals surface area contributed by atoms with Gasteiger partial charge in [-0.25, -0.2) is 4.79 Å². The zero-order chi connectivity index (χ0) is 14.4. The molecule has 0 fully saturated rings. The third-order valence-corrected chi connectivity index (χ3v) is 2.76. The number of carboxylic acids is 1. The van der Waals surface area contributed by atoms with Gasteiger partial charge in [-0.2, -0.15) is 0 Å². The number of carbonyl (C=O) groups is 2. The third kappa shape index (κ3) is 4.71. The van der Waals surface area contributed by atoms with Crippen molar-refractivity contribution < 1.29 is 14.7 Å². The Morgan fingerprint density at radius 3 is 2.32 bits per heavy atom. The molecule has 5 heteroatoms. The Morgan fingerprint density at radius 1 is 1.26 bits per heavy atom. The predicted molar refractivity (Wildman–Crippen MR) is 72.4 cm³/mol. The van der Waals surface area contributed by atoms with E-state index in [1.807, 2.05) is 19.9 Å². The van der Waals surface area contributed by atoms with Crippen molar-refractivity contribution in [1.29, 1.82) is 0 Å². The van der Waals surface area contributed by atoms with E-state index in [2.05, 4.69) is 5.32 Å². The quantitative estimate of drug-likeness (QED) is 0.722. The number of hydrogen-bond acceptors (Lipinski definition) is 3. The van der Waals surface area contributed by atoms with Crippen molar-refractivity contribution in [2.75, 3.05) is 0 Å². The highest BCUT2D eigenvalue weighted by Crippen LogP contribution is 2.11. The van der Waals surface area contributed by atoms with E-state index >= 15 is 0 Å². The van der Waals surface area contributed by atoms with Crippen LogP contribution in [-0.2, 0) is 9.59 Å². The van der Waals surface area contributed by atoms with Gasteiger partial charge >= 0.3 is 5.97 Å². The number of carboxylic acid groups (broad SMARTS) is 1. The number of hydrogen-bond donors (Lipinski definition) is 3. The molecule has 0 saturated carbocycles. The minimum Gasteiger partial charge on any atom is -0.480 e.